The molecule has 4 N–H and O–H groups in total. The molecule has 3 rings (SSSR count). The Morgan fingerprint density at radius 2 is 1.96 bits per heavy atom. The first kappa shape index (κ1) is 18.1. The lowest BCUT2D eigenvalue weighted by Gasteiger charge is -2.41. The number of rotatable bonds is 3. The number of hydrogen-bond acceptors (Lipinski definition) is 6. The molecule has 0 spiro atoms. The summed E-state index contributed by atoms with van der Waals surface area (Å²) in [5, 5.41) is 13.7. The molecule has 0 unspecified atom stereocenters. The number of nitrogens with zero attached hydrogens (tertiary/aromatic N) is 3. The summed E-state index contributed by atoms with van der Waals surface area (Å²) in [7, 11) is 0. The molecule has 0 aliphatic carbocycles. The first-order chi connectivity index (χ1) is 12.0. The second-order valence-electron chi connectivity index (χ2n) is 7.31. The normalized spacial score (nSPS) is 17.3. The zero-order valence-corrected chi connectivity index (χ0v) is 15.7. The molecule has 2 amide bonds. The van der Waals surface area contributed by atoms with E-state index in [2.05, 4.69) is 5.10 Å². The van der Waals surface area contributed by atoms with E-state index in [4.69, 9.17) is 16.2 Å². The van der Waals surface area contributed by atoms with E-state index in [0.717, 1.165) is 10.4 Å². The molecule has 26 heavy (non-hydrogen) atoms. The van der Waals surface area contributed by atoms with E-state index in [9.17, 15) is 14.9 Å². The third-order valence-electron chi connectivity index (χ3n) is 4.19. The number of nitriles is 1. The summed E-state index contributed by atoms with van der Waals surface area (Å²) < 4.78 is 7.49. The fourth-order valence-corrected chi connectivity index (χ4v) is 4.75. The Morgan fingerprint density at radius 1 is 1.31 bits per heavy atom. The number of aromatic nitrogens is 2. The lowest BCUT2D eigenvalue weighted by molar-refractivity contribution is -0.135. The number of nitrogens with two attached hydrogens (primary N) is 2. The van der Waals surface area contributed by atoms with Crippen LogP contribution >= 0.6 is 11.3 Å². The Bertz CT molecular complexity index is 977. The number of fused-ring (bicyclic) bond motifs is 1. The van der Waals surface area contributed by atoms with Gasteiger partial charge in [0, 0.05) is 11.3 Å². The van der Waals surface area contributed by atoms with Gasteiger partial charge in [0.05, 0.1) is 23.0 Å². The minimum Gasteiger partial charge on any atom is -0.365 e. The Labute approximate surface area is 154 Å². The maximum atomic E-state index is 12.2. The quantitative estimate of drug-likeness (QED) is 0.841. The number of hydrogen-bond donors (Lipinski definition) is 2. The van der Waals surface area contributed by atoms with Gasteiger partial charge in [-0.15, -0.1) is 11.3 Å². The Morgan fingerprint density at radius 3 is 2.46 bits per heavy atom. The van der Waals surface area contributed by atoms with Crippen molar-refractivity contribution in [3.63, 3.8) is 0 Å². The lowest BCUT2D eigenvalue weighted by Crippen LogP contribution is -2.42. The Balaban J connectivity index is 2.29. The fraction of sp³-hybridized carbons (Fsp3) is 0.412. The van der Waals surface area contributed by atoms with Crippen LogP contribution in [0.1, 0.15) is 64.5 Å². The van der Waals surface area contributed by atoms with Gasteiger partial charge in [-0.3, -0.25) is 9.59 Å². The van der Waals surface area contributed by atoms with Crippen LogP contribution in [0.3, 0.4) is 0 Å². The van der Waals surface area contributed by atoms with Crippen molar-refractivity contribution in [1.82, 2.24) is 9.78 Å². The van der Waals surface area contributed by atoms with Crippen LogP contribution in [-0.2, 0) is 16.8 Å². The van der Waals surface area contributed by atoms with E-state index < -0.39 is 23.0 Å². The minimum atomic E-state index is -0.813. The van der Waals surface area contributed by atoms with Crippen LogP contribution < -0.4 is 11.5 Å². The average molecular weight is 373 g/mol. The summed E-state index contributed by atoms with van der Waals surface area (Å²) in [6.45, 7) is 7.76. The molecule has 9 heteroatoms. The monoisotopic (exact) mass is 373 g/mol. The van der Waals surface area contributed by atoms with Crippen molar-refractivity contribution in [2.75, 3.05) is 0 Å². The number of primary amides is 2. The smallest absolute Gasteiger partial charge is 0.270 e. The van der Waals surface area contributed by atoms with Gasteiger partial charge in [-0.2, -0.15) is 10.4 Å². The van der Waals surface area contributed by atoms with Crippen LogP contribution in [0, 0.1) is 11.3 Å². The van der Waals surface area contributed by atoms with Gasteiger partial charge in [-0.1, -0.05) is 0 Å². The van der Waals surface area contributed by atoms with E-state index in [0.29, 0.717) is 17.0 Å². The summed E-state index contributed by atoms with van der Waals surface area (Å²) in [6.07, 6.45) is 1.89. The van der Waals surface area contributed by atoms with Crippen LogP contribution in [0.5, 0.6) is 0 Å². The van der Waals surface area contributed by atoms with Crippen LogP contribution in [0.15, 0.2) is 6.20 Å². The maximum Gasteiger partial charge on any atom is 0.270 e. The van der Waals surface area contributed by atoms with Crippen LogP contribution in [0.4, 0.5) is 0 Å². The third-order valence-corrected chi connectivity index (χ3v) is 5.72. The molecule has 0 saturated carbocycles. The summed E-state index contributed by atoms with van der Waals surface area (Å²) in [5.74, 6) is -1.41. The average Bonchev–Trinajstić information content (AvgIpc) is 3.06. The molecule has 8 nitrogen and oxygen atoms in total. The van der Waals surface area contributed by atoms with Crippen LogP contribution in [0.25, 0.3) is 5.00 Å². The van der Waals surface area contributed by atoms with E-state index in [1.165, 1.54) is 22.2 Å². The number of thiophene rings is 1. The topological polar surface area (TPSA) is 137 Å². The third kappa shape index (κ3) is 2.77. The first-order valence-electron chi connectivity index (χ1n) is 7.93. The van der Waals surface area contributed by atoms with Crippen molar-refractivity contribution in [2.45, 2.75) is 45.3 Å². The number of amides is 2. The van der Waals surface area contributed by atoms with E-state index in [1.807, 2.05) is 33.8 Å². The number of carbonyl (C=O) groups is 2. The lowest BCUT2D eigenvalue weighted by atomic mass is 9.86. The number of ether oxygens (including phenoxy) is 1. The van der Waals surface area contributed by atoms with Crippen molar-refractivity contribution in [3.8, 4) is 11.1 Å². The zero-order valence-electron chi connectivity index (χ0n) is 14.9. The molecular weight excluding hydrogens is 354 g/mol. The Kier molecular flexibility index (Phi) is 3.94. The maximum absolute atomic E-state index is 12.2. The van der Waals surface area contributed by atoms with Gasteiger partial charge < -0.3 is 16.2 Å². The van der Waals surface area contributed by atoms with Gasteiger partial charge in [-0.25, -0.2) is 4.68 Å². The van der Waals surface area contributed by atoms with E-state index in [1.54, 1.807) is 0 Å². The molecule has 0 fully saturated rings. The predicted octanol–water partition coefficient (Wildman–Crippen LogP) is 1.59. The number of carbonyl (C=O) groups excluding carboxylic acids is 2. The molecule has 2 aromatic rings. The van der Waals surface area contributed by atoms with Gasteiger partial charge in [0.15, 0.2) is 5.69 Å². The summed E-state index contributed by atoms with van der Waals surface area (Å²) in [6, 6.07) is 1.89. The molecule has 1 aliphatic rings. The van der Waals surface area contributed by atoms with Crippen LogP contribution in [0.2, 0.25) is 0 Å². The fourth-order valence-electron chi connectivity index (χ4n) is 3.46. The molecule has 3 heterocycles. The highest BCUT2D eigenvalue weighted by Crippen LogP contribution is 2.47. The van der Waals surface area contributed by atoms with Gasteiger partial charge in [0.25, 0.3) is 11.8 Å². The first-order valence-corrected chi connectivity index (χ1v) is 8.74. The standard InChI is InChI=1S/C17H19N5O3S/c1-16(2)5-9-10(13(19)23)15(26-12(9)17(3,4)25-16)22-7-8(6-18)11(21-22)14(20)24/h7H,5H2,1-4H3,(H2,19,23)(H2,20,24). The molecule has 2 aromatic heterocycles. The zero-order chi connectivity index (χ0) is 19.4. The largest absolute Gasteiger partial charge is 0.365 e. The van der Waals surface area contributed by atoms with Crippen molar-refractivity contribution < 1.29 is 14.3 Å². The second-order valence-corrected chi connectivity index (χ2v) is 8.31. The molecule has 0 atom stereocenters. The predicted molar refractivity (Wildman–Crippen MR) is 95.1 cm³/mol. The summed E-state index contributed by atoms with van der Waals surface area (Å²) in [4.78, 5) is 24.6. The SMILES string of the molecule is CC1(C)Cc2c(sc(-n3cc(C#N)c(C(N)=O)n3)c2C(N)=O)C(C)(C)O1. The summed E-state index contributed by atoms with van der Waals surface area (Å²) >= 11 is 1.31. The molecule has 1 aliphatic heterocycles. The minimum absolute atomic E-state index is 0.0372. The second kappa shape index (κ2) is 5.65. The molecule has 0 radical (unpaired) electrons. The summed E-state index contributed by atoms with van der Waals surface area (Å²) in [5.41, 5.74) is 10.9. The molecule has 0 bridgehead atoms. The molecule has 0 saturated heterocycles. The molecule has 0 aromatic carbocycles. The van der Waals surface area contributed by atoms with Crippen molar-refractivity contribution in [3.05, 3.63) is 33.5 Å². The van der Waals surface area contributed by atoms with Gasteiger partial charge in [-0.05, 0) is 33.3 Å². The Hall–Kier alpha value is -2.70. The highest BCUT2D eigenvalue weighted by molar-refractivity contribution is 7.15. The van der Waals surface area contributed by atoms with Crippen molar-refractivity contribution in [1.29, 1.82) is 5.26 Å². The van der Waals surface area contributed by atoms with Gasteiger partial charge in [0.1, 0.15) is 16.6 Å². The molecular formula is C17H19N5O3S. The van der Waals surface area contributed by atoms with Gasteiger partial charge >= 0.3 is 0 Å². The highest BCUT2D eigenvalue weighted by atomic mass is 32.1. The van der Waals surface area contributed by atoms with E-state index in [-0.39, 0.29) is 11.3 Å². The van der Waals surface area contributed by atoms with Crippen LogP contribution in [-0.4, -0.2) is 27.2 Å². The van der Waals surface area contributed by atoms with E-state index >= 15 is 0 Å². The highest BCUT2D eigenvalue weighted by Gasteiger charge is 2.43. The van der Waals surface area contributed by atoms with Crippen molar-refractivity contribution in [2.24, 2.45) is 11.5 Å². The van der Waals surface area contributed by atoms with Crippen molar-refractivity contribution >= 4 is 23.2 Å². The molecule has 136 valence electrons. The van der Waals surface area contributed by atoms with Gasteiger partial charge in [0.2, 0.25) is 0 Å².